The van der Waals surface area contributed by atoms with Crippen LogP contribution in [0.4, 0.5) is 0 Å². The number of hydrogen-bond donors (Lipinski definition) is 0. The Morgan fingerprint density at radius 3 is 1.75 bits per heavy atom. The van der Waals surface area contributed by atoms with Crippen LogP contribution in [0, 0.1) is 0 Å². The predicted octanol–water partition coefficient (Wildman–Crippen LogP) is 5.57. The maximum absolute atomic E-state index is 5.03. The molecule has 2 aromatic rings. The van der Waals surface area contributed by atoms with Gasteiger partial charge in [-0.2, -0.15) is 0 Å². The molecule has 0 aliphatic heterocycles. The lowest BCUT2D eigenvalue weighted by Crippen LogP contribution is -2.06. The van der Waals surface area contributed by atoms with Crippen molar-refractivity contribution in [2.24, 2.45) is 0 Å². The Balaban J connectivity index is 0. The van der Waals surface area contributed by atoms with Crippen LogP contribution in [-0.4, -0.2) is 25.1 Å². The third kappa shape index (κ3) is 6.42. The highest BCUT2D eigenvalue weighted by Gasteiger charge is 2.16. The summed E-state index contributed by atoms with van der Waals surface area (Å²) in [6.07, 6.45) is 1.79. The lowest BCUT2D eigenvalue weighted by atomic mass is 10.0. The third-order valence-electron chi connectivity index (χ3n) is 3.28. The summed E-state index contributed by atoms with van der Waals surface area (Å²) in [6, 6.07) is 0.461. The van der Waals surface area contributed by atoms with Crippen molar-refractivity contribution in [3.63, 3.8) is 0 Å². The van der Waals surface area contributed by atoms with E-state index < -0.39 is 0 Å². The van der Waals surface area contributed by atoms with Gasteiger partial charge in [0.2, 0.25) is 0 Å². The summed E-state index contributed by atoms with van der Waals surface area (Å²) < 4.78 is 7.13. The van der Waals surface area contributed by atoms with Gasteiger partial charge in [-0.05, 0) is 13.8 Å². The number of hydrogen-bond acceptors (Lipinski definition) is 5. The Kier molecular flexibility index (Phi) is 11.2. The lowest BCUT2D eigenvalue weighted by Gasteiger charge is -2.11. The summed E-state index contributed by atoms with van der Waals surface area (Å²) in [7, 11) is 0. The van der Waals surface area contributed by atoms with Gasteiger partial charge in [-0.3, -0.25) is 0 Å². The van der Waals surface area contributed by atoms with Gasteiger partial charge in [0.25, 0.3) is 0 Å². The van der Waals surface area contributed by atoms with Crippen LogP contribution in [0.5, 0.6) is 0 Å². The van der Waals surface area contributed by atoms with E-state index in [4.69, 9.17) is 4.52 Å². The zero-order valence-electron chi connectivity index (χ0n) is 15.0. The predicted molar refractivity (Wildman–Crippen MR) is 100 cm³/mol. The summed E-state index contributed by atoms with van der Waals surface area (Å²) in [5.74, 6) is 3.22. The molecule has 0 aliphatic carbocycles. The molecule has 2 rings (SSSR count). The lowest BCUT2D eigenvalue weighted by molar-refractivity contribution is 0.351. The molecule has 0 radical (unpaired) electrons. The Hall–Kier alpha value is -1.72. The molecule has 0 atom stereocenters. The maximum atomic E-state index is 5.03. The fourth-order valence-electron chi connectivity index (χ4n) is 2.07. The molecule has 0 unspecified atom stereocenters. The van der Waals surface area contributed by atoms with Crippen LogP contribution in [0.2, 0.25) is 0 Å². The third-order valence-corrected chi connectivity index (χ3v) is 3.28. The van der Waals surface area contributed by atoms with Gasteiger partial charge in [0.15, 0.2) is 5.76 Å². The molecular formula is C18H37N5O. The van der Waals surface area contributed by atoms with Crippen LogP contribution in [-0.2, 0) is 0 Å². The summed E-state index contributed by atoms with van der Waals surface area (Å²) in [5, 5.41) is 15.4. The van der Waals surface area contributed by atoms with Gasteiger partial charge in [-0.25, -0.2) is 0 Å². The first kappa shape index (κ1) is 24.5. The molecule has 6 heteroatoms. The van der Waals surface area contributed by atoms with E-state index >= 15 is 0 Å². The van der Waals surface area contributed by atoms with Crippen LogP contribution in [0.25, 0.3) is 0 Å². The zero-order chi connectivity index (χ0) is 16.9. The number of aromatic nitrogens is 5. The topological polar surface area (TPSA) is 69.6 Å². The number of nitrogens with zero attached hydrogens (tertiary/aromatic N) is 5. The van der Waals surface area contributed by atoms with Crippen molar-refractivity contribution >= 4 is 0 Å². The van der Waals surface area contributed by atoms with Crippen molar-refractivity contribution in [3.05, 3.63) is 23.6 Å². The quantitative estimate of drug-likeness (QED) is 0.728. The summed E-state index contributed by atoms with van der Waals surface area (Å²) >= 11 is 0. The van der Waals surface area contributed by atoms with E-state index in [1.54, 1.807) is 6.33 Å². The highest BCUT2D eigenvalue weighted by molar-refractivity contribution is 5.12. The molecule has 0 saturated heterocycles. The fourth-order valence-corrected chi connectivity index (χ4v) is 2.07. The Labute approximate surface area is 148 Å². The average molecular weight is 340 g/mol. The van der Waals surface area contributed by atoms with E-state index in [9.17, 15) is 0 Å². The minimum atomic E-state index is 0. The van der Waals surface area contributed by atoms with E-state index in [2.05, 4.69) is 80.5 Å². The molecule has 6 nitrogen and oxygen atoms in total. The molecule has 0 N–H and O–H groups in total. The van der Waals surface area contributed by atoms with Crippen LogP contribution < -0.4 is 0 Å². The standard InChI is InChI=1S/C8H15N3.C8H14N2O.2CH4/c1-6(2)8-10-9-5-11(8)7(3)4;1-5(2)7-8(6(3)4)11-10-9-7;;/h5-7H,1-4H3;5-6H,1-4H3;2*1H4. The van der Waals surface area contributed by atoms with Crippen molar-refractivity contribution in [1.29, 1.82) is 0 Å². The first-order valence-electron chi connectivity index (χ1n) is 7.97. The Morgan fingerprint density at radius 2 is 1.42 bits per heavy atom. The molecule has 2 heterocycles. The van der Waals surface area contributed by atoms with Crippen LogP contribution >= 0.6 is 0 Å². The SMILES string of the molecule is C.C.CC(C)c1nncn1C(C)C.CC(C)c1nnoc1C(C)C. The first-order valence-corrected chi connectivity index (χ1v) is 7.97. The highest BCUT2D eigenvalue weighted by atomic mass is 16.5. The van der Waals surface area contributed by atoms with Gasteiger partial charge in [0, 0.05) is 29.1 Å². The van der Waals surface area contributed by atoms with Crippen molar-refractivity contribution in [3.8, 4) is 0 Å². The zero-order valence-corrected chi connectivity index (χ0v) is 15.0. The Bertz CT molecular complexity index is 460. The second-order valence-electron chi connectivity index (χ2n) is 6.68. The smallest absolute Gasteiger partial charge is 0.163 e. The molecule has 0 amide bonds. The van der Waals surface area contributed by atoms with Gasteiger partial charge >= 0.3 is 0 Å². The maximum Gasteiger partial charge on any atom is 0.163 e. The first-order chi connectivity index (χ1) is 10.3. The largest absolute Gasteiger partial charge is 0.342 e. The fraction of sp³-hybridized carbons (Fsp3) is 0.778. The van der Waals surface area contributed by atoms with Crippen molar-refractivity contribution in [2.75, 3.05) is 0 Å². The van der Waals surface area contributed by atoms with Crippen LogP contribution in [0.3, 0.4) is 0 Å². The van der Waals surface area contributed by atoms with Crippen molar-refractivity contribution in [2.45, 2.75) is 94.0 Å². The molecular weight excluding hydrogens is 302 g/mol. The van der Waals surface area contributed by atoms with Crippen molar-refractivity contribution < 1.29 is 4.52 Å². The molecule has 0 spiro atoms. The monoisotopic (exact) mass is 339 g/mol. The Morgan fingerprint density at radius 1 is 0.833 bits per heavy atom. The molecule has 0 bridgehead atoms. The average Bonchev–Trinajstić information content (AvgIpc) is 3.08. The molecule has 24 heavy (non-hydrogen) atoms. The van der Waals surface area contributed by atoms with E-state index in [0.717, 1.165) is 17.3 Å². The van der Waals surface area contributed by atoms with E-state index in [1.807, 2.05) is 0 Å². The molecule has 0 fully saturated rings. The molecule has 0 aliphatic rings. The second-order valence-corrected chi connectivity index (χ2v) is 6.68. The van der Waals surface area contributed by atoms with Gasteiger partial charge < -0.3 is 9.09 Å². The normalized spacial score (nSPS) is 10.5. The van der Waals surface area contributed by atoms with Gasteiger partial charge in [-0.1, -0.05) is 56.4 Å². The molecule has 2 aromatic heterocycles. The van der Waals surface area contributed by atoms with Crippen molar-refractivity contribution in [1.82, 2.24) is 25.1 Å². The second kappa shape index (κ2) is 10.9. The summed E-state index contributed by atoms with van der Waals surface area (Å²) in [6.45, 7) is 16.9. The highest BCUT2D eigenvalue weighted by Crippen LogP contribution is 2.22. The van der Waals surface area contributed by atoms with E-state index in [-0.39, 0.29) is 14.9 Å². The van der Waals surface area contributed by atoms with E-state index in [0.29, 0.717) is 23.8 Å². The van der Waals surface area contributed by atoms with Gasteiger partial charge in [0.05, 0.1) is 0 Å². The minimum absolute atomic E-state index is 0. The summed E-state index contributed by atoms with van der Waals surface area (Å²) in [5.41, 5.74) is 0.986. The minimum Gasteiger partial charge on any atom is -0.342 e. The van der Waals surface area contributed by atoms with Crippen LogP contribution in [0.1, 0.15) is 111 Å². The number of rotatable bonds is 4. The van der Waals surface area contributed by atoms with Gasteiger partial charge in [-0.15, -0.1) is 15.3 Å². The van der Waals surface area contributed by atoms with E-state index in [1.165, 1.54) is 0 Å². The molecule has 0 aromatic carbocycles. The van der Waals surface area contributed by atoms with Gasteiger partial charge in [0.1, 0.15) is 17.8 Å². The van der Waals surface area contributed by atoms with Crippen LogP contribution in [0.15, 0.2) is 10.9 Å². The summed E-state index contributed by atoms with van der Waals surface area (Å²) in [4.78, 5) is 0. The molecule has 0 saturated carbocycles. The molecule has 140 valence electrons.